The van der Waals surface area contributed by atoms with Crippen LogP contribution in [0, 0.1) is 0 Å². The van der Waals surface area contributed by atoms with Crippen molar-refractivity contribution < 1.29 is 4.74 Å². The molecule has 0 amide bonds. The van der Waals surface area contributed by atoms with E-state index in [2.05, 4.69) is 45.0 Å². The number of nitrogens with zero attached hydrogens (tertiary/aromatic N) is 3. The summed E-state index contributed by atoms with van der Waals surface area (Å²) in [5, 5.41) is 3.48. The van der Waals surface area contributed by atoms with Crippen molar-refractivity contribution in [3.8, 4) is 5.75 Å². The fourth-order valence-corrected chi connectivity index (χ4v) is 3.02. The van der Waals surface area contributed by atoms with Gasteiger partial charge in [0.1, 0.15) is 11.6 Å². The van der Waals surface area contributed by atoms with E-state index in [1.165, 1.54) is 5.56 Å². The molecule has 1 N–H and O–H groups in total. The Labute approximate surface area is 131 Å². The minimum absolute atomic E-state index is 0.310. The lowest BCUT2D eigenvalue weighted by Gasteiger charge is -2.35. The van der Waals surface area contributed by atoms with Crippen LogP contribution in [0.15, 0.2) is 36.7 Å². The van der Waals surface area contributed by atoms with Crippen LogP contribution in [0.4, 0.5) is 0 Å². The van der Waals surface area contributed by atoms with E-state index in [0.717, 1.165) is 37.8 Å². The van der Waals surface area contributed by atoms with Gasteiger partial charge < -0.3 is 14.6 Å². The zero-order chi connectivity index (χ0) is 15.4. The minimum Gasteiger partial charge on any atom is -0.494 e. The van der Waals surface area contributed by atoms with Gasteiger partial charge in [0.25, 0.3) is 0 Å². The Morgan fingerprint density at radius 2 is 2.32 bits per heavy atom. The van der Waals surface area contributed by atoms with E-state index < -0.39 is 0 Å². The number of nitrogens with one attached hydrogen (secondary N) is 1. The summed E-state index contributed by atoms with van der Waals surface area (Å²) in [6.45, 7) is 6.62. The summed E-state index contributed by atoms with van der Waals surface area (Å²) in [7, 11) is 2.06. The average molecular weight is 300 g/mol. The fraction of sp³-hybridized carbons (Fsp3) is 0.471. The van der Waals surface area contributed by atoms with Crippen LogP contribution in [0.25, 0.3) is 0 Å². The summed E-state index contributed by atoms with van der Waals surface area (Å²) < 4.78 is 7.72. The molecule has 1 aliphatic heterocycles. The topological polar surface area (TPSA) is 42.3 Å². The van der Waals surface area contributed by atoms with Gasteiger partial charge in [-0.2, -0.15) is 0 Å². The molecular formula is C17H24N4O. The second-order valence-corrected chi connectivity index (χ2v) is 5.67. The van der Waals surface area contributed by atoms with Gasteiger partial charge in [-0.1, -0.05) is 12.1 Å². The lowest BCUT2D eigenvalue weighted by Crippen LogP contribution is -2.46. The molecule has 0 saturated carbocycles. The quantitative estimate of drug-likeness (QED) is 0.917. The van der Waals surface area contributed by atoms with Crippen LogP contribution in [0.1, 0.15) is 24.4 Å². The largest absolute Gasteiger partial charge is 0.494 e. The van der Waals surface area contributed by atoms with Crippen molar-refractivity contribution in [2.24, 2.45) is 7.05 Å². The molecule has 0 aliphatic carbocycles. The molecule has 5 heteroatoms. The molecule has 0 spiro atoms. The van der Waals surface area contributed by atoms with E-state index in [9.17, 15) is 0 Å². The first-order valence-corrected chi connectivity index (χ1v) is 7.91. The van der Waals surface area contributed by atoms with Gasteiger partial charge in [0, 0.05) is 45.6 Å². The molecule has 1 aliphatic rings. The highest BCUT2D eigenvalue weighted by molar-refractivity contribution is 5.28. The molecule has 1 unspecified atom stereocenters. The Bertz CT molecular complexity index is 610. The van der Waals surface area contributed by atoms with E-state index in [1.54, 1.807) is 0 Å². The van der Waals surface area contributed by atoms with Crippen molar-refractivity contribution in [3.63, 3.8) is 0 Å². The molecule has 1 aromatic heterocycles. The molecule has 22 heavy (non-hydrogen) atoms. The third-order valence-corrected chi connectivity index (χ3v) is 4.11. The smallest absolute Gasteiger partial charge is 0.127 e. The zero-order valence-electron chi connectivity index (χ0n) is 13.3. The minimum atomic E-state index is 0.310. The number of aromatic nitrogens is 2. The molecule has 1 atom stereocenters. The van der Waals surface area contributed by atoms with Crippen LogP contribution in [0.2, 0.25) is 0 Å². The van der Waals surface area contributed by atoms with E-state index >= 15 is 0 Å². The highest BCUT2D eigenvalue weighted by Gasteiger charge is 2.26. The number of imidazole rings is 1. The molecule has 1 aromatic carbocycles. The first-order chi connectivity index (χ1) is 10.8. The van der Waals surface area contributed by atoms with Gasteiger partial charge in [-0.15, -0.1) is 0 Å². The van der Waals surface area contributed by atoms with Crippen LogP contribution in [-0.4, -0.2) is 40.7 Å². The summed E-state index contributed by atoms with van der Waals surface area (Å²) in [5.41, 5.74) is 1.28. The number of rotatable bonds is 5. The van der Waals surface area contributed by atoms with Gasteiger partial charge in [0.05, 0.1) is 12.6 Å². The molecule has 0 radical (unpaired) electrons. The molecule has 3 rings (SSSR count). The normalized spacial score (nSPS) is 19.3. The van der Waals surface area contributed by atoms with Gasteiger partial charge >= 0.3 is 0 Å². The van der Waals surface area contributed by atoms with Gasteiger partial charge in [-0.25, -0.2) is 4.98 Å². The lowest BCUT2D eigenvalue weighted by atomic mass is 10.1. The Kier molecular flexibility index (Phi) is 4.75. The molecular weight excluding hydrogens is 276 g/mol. The van der Waals surface area contributed by atoms with E-state index in [-0.39, 0.29) is 0 Å². The molecule has 0 bridgehead atoms. The number of hydrogen-bond donors (Lipinski definition) is 1. The predicted octanol–water partition coefficient (Wildman–Crippen LogP) is 1.97. The Balaban J connectivity index is 1.77. The molecule has 5 nitrogen and oxygen atoms in total. The monoisotopic (exact) mass is 300 g/mol. The molecule has 2 aromatic rings. The third kappa shape index (κ3) is 3.31. The zero-order valence-corrected chi connectivity index (χ0v) is 13.3. The van der Waals surface area contributed by atoms with Crippen molar-refractivity contribution in [1.82, 2.24) is 19.8 Å². The van der Waals surface area contributed by atoms with E-state index in [0.29, 0.717) is 12.6 Å². The summed E-state index contributed by atoms with van der Waals surface area (Å²) in [6.07, 6.45) is 3.88. The summed E-state index contributed by atoms with van der Waals surface area (Å²) in [4.78, 5) is 7.02. The second kappa shape index (κ2) is 6.94. The number of piperazine rings is 1. The first kappa shape index (κ1) is 15.1. The van der Waals surface area contributed by atoms with Crippen molar-refractivity contribution in [3.05, 3.63) is 48.0 Å². The van der Waals surface area contributed by atoms with E-state index in [4.69, 9.17) is 4.74 Å². The van der Waals surface area contributed by atoms with Crippen molar-refractivity contribution >= 4 is 0 Å². The maximum Gasteiger partial charge on any atom is 0.127 e. The summed E-state index contributed by atoms with van der Waals surface area (Å²) in [6, 6.07) is 8.70. The first-order valence-electron chi connectivity index (χ1n) is 7.91. The number of aryl methyl sites for hydroxylation is 1. The van der Waals surface area contributed by atoms with Crippen LogP contribution in [-0.2, 0) is 13.6 Å². The fourth-order valence-electron chi connectivity index (χ4n) is 3.02. The number of hydrogen-bond acceptors (Lipinski definition) is 4. The molecule has 2 heterocycles. The van der Waals surface area contributed by atoms with E-state index in [1.807, 2.05) is 25.4 Å². The Morgan fingerprint density at radius 1 is 1.41 bits per heavy atom. The van der Waals surface area contributed by atoms with Crippen molar-refractivity contribution in [2.45, 2.75) is 19.5 Å². The molecule has 1 fully saturated rings. The summed E-state index contributed by atoms with van der Waals surface area (Å²) >= 11 is 0. The summed E-state index contributed by atoms with van der Waals surface area (Å²) in [5.74, 6) is 2.07. The third-order valence-electron chi connectivity index (χ3n) is 4.11. The van der Waals surface area contributed by atoms with Crippen molar-refractivity contribution in [1.29, 1.82) is 0 Å². The van der Waals surface area contributed by atoms with Crippen LogP contribution < -0.4 is 10.1 Å². The van der Waals surface area contributed by atoms with Crippen LogP contribution in [0.3, 0.4) is 0 Å². The Hall–Kier alpha value is -1.85. The molecule has 1 saturated heterocycles. The van der Waals surface area contributed by atoms with Gasteiger partial charge in [-0.05, 0) is 24.6 Å². The standard InChI is InChI=1S/C17H24N4O/c1-3-22-15-6-4-5-14(11-15)13-21-10-7-18-12-16(21)17-19-8-9-20(17)2/h4-6,8-9,11,16,18H,3,7,10,12-13H2,1-2H3. The predicted molar refractivity (Wildman–Crippen MR) is 86.8 cm³/mol. The van der Waals surface area contributed by atoms with Gasteiger partial charge in [0.2, 0.25) is 0 Å². The lowest BCUT2D eigenvalue weighted by molar-refractivity contribution is 0.144. The van der Waals surface area contributed by atoms with Crippen LogP contribution >= 0.6 is 0 Å². The highest BCUT2D eigenvalue weighted by Crippen LogP contribution is 2.24. The highest BCUT2D eigenvalue weighted by atomic mass is 16.5. The molecule has 118 valence electrons. The average Bonchev–Trinajstić information content (AvgIpc) is 2.95. The number of benzene rings is 1. The second-order valence-electron chi connectivity index (χ2n) is 5.67. The maximum atomic E-state index is 5.61. The van der Waals surface area contributed by atoms with Gasteiger partial charge in [-0.3, -0.25) is 4.90 Å². The maximum absolute atomic E-state index is 5.61. The SMILES string of the molecule is CCOc1cccc(CN2CCNCC2c2nccn2C)c1. The number of ether oxygens (including phenoxy) is 1. The van der Waals surface area contributed by atoms with Crippen LogP contribution in [0.5, 0.6) is 5.75 Å². The Morgan fingerprint density at radius 3 is 3.09 bits per heavy atom. The van der Waals surface area contributed by atoms with Crippen molar-refractivity contribution in [2.75, 3.05) is 26.2 Å². The van der Waals surface area contributed by atoms with Gasteiger partial charge in [0.15, 0.2) is 0 Å².